The molecule has 0 aliphatic heterocycles. The van der Waals surface area contributed by atoms with Crippen LogP contribution in [0.4, 0.5) is 22.4 Å². The molecular formula is C32H38N10O2. The number of aliphatic hydroxyl groups is 1. The normalized spacial score (nSPS) is 16.5. The second-order valence-electron chi connectivity index (χ2n) is 11.7. The lowest BCUT2D eigenvalue weighted by Gasteiger charge is -2.36. The van der Waals surface area contributed by atoms with Crippen molar-refractivity contribution in [3.63, 3.8) is 0 Å². The molecule has 1 saturated carbocycles. The van der Waals surface area contributed by atoms with Gasteiger partial charge in [0.25, 0.3) is 0 Å². The highest BCUT2D eigenvalue weighted by Gasteiger charge is 2.31. The molecule has 1 aromatic carbocycles. The van der Waals surface area contributed by atoms with Gasteiger partial charge in [0.2, 0.25) is 5.95 Å². The number of carbonyl (C=O) groups excluding carboxylic acids is 1. The molecule has 0 bridgehead atoms. The van der Waals surface area contributed by atoms with Crippen LogP contribution < -0.4 is 20.9 Å². The third-order valence-corrected chi connectivity index (χ3v) is 7.69. The van der Waals surface area contributed by atoms with Gasteiger partial charge in [0, 0.05) is 49.2 Å². The maximum Gasteiger partial charge on any atom is 0.323 e. The van der Waals surface area contributed by atoms with Crippen LogP contribution in [0.3, 0.4) is 0 Å². The minimum atomic E-state index is -0.649. The van der Waals surface area contributed by atoms with Crippen molar-refractivity contribution < 1.29 is 9.90 Å². The van der Waals surface area contributed by atoms with Crippen LogP contribution in [0.25, 0.3) is 11.1 Å². The Hall–Kier alpha value is -5.02. The summed E-state index contributed by atoms with van der Waals surface area (Å²) in [7, 11) is 1.87. The fraction of sp³-hybridized carbons (Fsp3) is 0.375. The number of pyridine rings is 1. The lowest BCUT2D eigenvalue weighted by Crippen LogP contribution is -2.49. The van der Waals surface area contributed by atoms with Crippen molar-refractivity contribution in [1.29, 1.82) is 5.26 Å². The van der Waals surface area contributed by atoms with Crippen LogP contribution in [-0.2, 0) is 13.6 Å². The number of rotatable bonds is 10. The van der Waals surface area contributed by atoms with E-state index in [2.05, 4.69) is 37.1 Å². The average Bonchev–Trinajstić information content (AvgIpc) is 3.48. The molecule has 0 saturated heterocycles. The summed E-state index contributed by atoms with van der Waals surface area (Å²) in [5.41, 5.74) is 2.57. The van der Waals surface area contributed by atoms with Crippen molar-refractivity contribution in [2.24, 2.45) is 7.05 Å². The summed E-state index contributed by atoms with van der Waals surface area (Å²) < 4.78 is 1.75. The number of aromatic nitrogens is 5. The zero-order valence-electron chi connectivity index (χ0n) is 25.2. The number of carbonyl (C=O) groups is 1. The lowest BCUT2D eigenvalue weighted by molar-refractivity contribution is 0.234. The summed E-state index contributed by atoms with van der Waals surface area (Å²) in [6.45, 7) is 3.95. The fourth-order valence-corrected chi connectivity index (χ4v) is 5.23. The van der Waals surface area contributed by atoms with Crippen molar-refractivity contribution in [3.8, 4) is 17.2 Å². The number of hydrogen-bond donors (Lipinski definition) is 4. The summed E-state index contributed by atoms with van der Waals surface area (Å²) >= 11 is 0. The van der Waals surface area contributed by atoms with Gasteiger partial charge in [0.1, 0.15) is 23.3 Å². The summed E-state index contributed by atoms with van der Waals surface area (Å²) in [4.78, 5) is 29.0. The largest absolute Gasteiger partial charge is 0.394 e. The number of amides is 2. The van der Waals surface area contributed by atoms with Gasteiger partial charge in [-0.2, -0.15) is 15.3 Å². The van der Waals surface area contributed by atoms with Gasteiger partial charge in [-0.05, 0) is 57.2 Å². The maximum absolute atomic E-state index is 13.7. The third-order valence-electron chi connectivity index (χ3n) is 7.69. The first-order valence-electron chi connectivity index (χ1n) is 14.7. The second kappa shape index (κ2) is 13.5. The Balaban J connectivity index is 1.29. The number of nitriles is 1. The zero-order valence-corrected chi connectivity index (χ0v) is 25.2. The number of nitrogens with one attached hydrogen (secondary N) is 3. The monoisotopic (exact) mass is 594 g/mol. The number of anilines is 3. The number of benzene rings is 1. The minimum absolute atomic E-state index is 0.0509. The number of nitrogens with zero attached hydrogens (tertiary/aromatic N) is 7. The predicted molar refractivity (Wildman–Crippen MR) is 169 cm³/mol. The van der Waals surface area contributed by atoms with Gasteiger partial charge in [-0.25, -0.2) is 14.8 Å². The van der Waals surface area contributed by atoms with Gasteiger partial charge >= 0.3 is 6.03 Å². The number of urea groups is 1. The first-order valence-corrected chi connectivity index (χ1v) is 14.7. The molecule has 12 nitrogen and oxygen atoms in total. The van der Waals surface area contributed by atoms with Crippen molar-refractivity contribution in [2.75, 3.05) is 22.1 Å². The molecule has 0 unspecified atom stereocenters. The average molecular weight is 595 g/mol. The highest BCUT2D eigenvalue weighted by molar-refractivity contribution is 5.91. The molecule has 228 valence electrons. The molecule has 5 rings (SSSR count). The molecule has 1 aliphatic rings. The Kier molecular flexibility index (Phi) is 9.35. The van der Waals surface area contributed by atoms with Crippen LogP contribution in [0, 0.1) is 11.3 Å². The third kappa shape index (κ3) is 7.48. The van der Waals surface area contributed by atoms with E-state index in [0.717, 1.165) is 42.4 Å². The van der Waals surface area contributed by atoms with E-state index in [-0.39, 0.29) is 24.7 Å². The topological polar surface area (TPSA) is 157 Å². The Morgan fingerprint density at radius 2 is 1.84 bits per heavy atom. The second-order valence-corrected chi connectivity index (χ2v) is 11.7. The van der Waals surface area contributed by atoms with Gasteiger partial charge in [0.05, 0.1) is 24.5 Å². The highest BCUT2D eigenvalue weighted by atomic mass is 16.3. The van der Waals surface area contributed by atoms with E-state index in [1.54, 1.807) is 22.0 Å². The molecule has 1 fully saturated rings. The predicted octanol–water partition coefficient (Wildman–Crippen LogP) is 4.47. The molecule has 0 spiro atoms. The first kappa shape index (κ1) is 30.4. The summed E-state index contributed by atoms with van der Waals surface area (Å²) in [6.07, 6.45) is 10.1. The quantitative estimate of drug-likeness (QED) is 0.208. The zero-order chi connectivity index (χ0) is 31.1. The van der Waals surface area contributed by atoms with Gasteiger partial charge in [0.15, 0.2) is 0 Å². The minimum Gasteiger partial charge on any atom is -0.394 e. The maximum atomic E-state index is 13.7. The van der Waals surface area contributed by atoms with Crippen molar-refractivity contribution in [3.05, 3.63) is 78.4 Å². The van der Waals surface area contributed by atoms with E-state index < -0.39 is 5.54 Å². The molecule has 2 amide bonds. The molecule has 0 atom stereocenters. The smallest absolute Gasteiger partial charge is 0.323 e. The molecule has 44 heavy (non-hydrogen) atoms. The van der Waals surface area contributed by atoms with Crippen LogP contribution in [0.15, 0.2) is 67.3 Å². The molecule has 0 radical (unpaired) electrons. The lowest BCUT2D eigenvalue weighted by atomic mass is 9.90. The summed E-state index contributed by atoms with van der Waals surface area (Å²) in [5, 5.41) is 33.0. The Morgan fingerprint density at radius 3 is 2.48 bits per heavy atom. The van der Waals surface area contributed by atoms with Gasteiger partial charge in [-0.15, -0.1) is 0 Å². The number of aliphatic hydroxyl groups excluding tert-OH is 1. The molecule has 3 aromatic heterocycles. The van der Waals surface area contributed by atoms with Crippen LogP contribution in [0.5, 0.6) is 0 Å². The summed E-state index contributed by atoms with van der Waals surface area (Å²) in [6, 6.07) is 15.6. The van der Waals surface area contributed by atoms with E-state index in [0.29, 0.717) is 29.7 Å². The summed E-state index contributed by atoms with van der Waals surface area (Å²) in [5.74, 6) is 1.38. The number of hydrogen-bond acceptors (Lipinski definition) is 9. The van der Waals surface area contributed by atoms with Crippen LogP contribution in [0.1, 0.15) is 50.7 Å². The Labute approximate surface area is 257 Å². The van der Waals surface area contributed by atoms with Crippen LogP contribution in [0.2, 0.25) is 0 Å². The van der Waals surface area contributed by atoms with E-state index in [1.807, 2.05) is 69.6 Å². The van der Waals surface area contributed by atoms with E-state index in [1.165, 1.54) is 6.20 Å². The standard InChI is InChI=1S/C32H38N10O2/c1-32(2,21-43)40-29-24(15-33)18-35-30(39-29)38-26-10-12-27(13-11-26)42(31(44)36-16-22-7-5-4-6-8-22)28-14-9-23(17-34-28)25-19-37-41(3)20-25/h4-9,14,17-20,26-27,43H,10-13,16,21H2,1-3H3,(H,36,44)(H2,35,38,39,40)/t26-,27-. The molecule has 12 heteroatoms. The van der Waals surface area contributed by atoms with Gasteiger partial charge in [-0.1, -0.05) is 30.3 Å². The van der Waals surface area contributed by atoms with Crippen molar-refractivity contribution >= 4 is 23.6 Å². The van der Waals surface area contributed by atoms with Crippen molar-refractivity contribution in [2.45, 2.75) is 63.7 Å². The van der Waals surface area contributed by atoms with E-state index in [4.69, 9.17) is 4.98 Å². The first-order chi connectivity index (χ1) is 21.2. The molecule has 4 aromatic rings. The van der Waals surface area contributed by atoms with Gasteiger partial charge < -0.3 is 21.1 Å². The Bertz CT molecular complexity index is 1590. The van der Waals surface area contributed by atoms with E-state index >= 15 is 0 Å². The van der Waals surface area contributed by atoms with E-state index in [9.17, 15) is 15.2 Å². The fourth-order valence-electron chi connectivity index (χ4n) is 5.23. The highest BCUT2D eigenvalue weighted by Crippen LogP contribution is 2.30. The van der Waals surface area contributed by atoms with Crippen LogP contribution >= 0.6 is 0 Å². The molecule has 3 heterocycles. The van der Waals surface area contributed by atoms with Crippen LogP contribution in [-0.4, -0.2) is 60.1 Å². The Morgan fingerprint density at radius 1 is 1.07 bits per heavy atom. The van der Waals surface area contributed by atoms with Crippen molar-refractivity contribution in [1.82, 2.24) is 30.0 Å². The molecule has 1 aliphatic carbocycles. The molecule has 4 N–H and O–H groups in total. The SMILES string of the molecule is Cn1cc(-c2ccc(N(C(=O)NCc3ccccc3)[C@H]3CC[C@H](Nc4ncc(C#N)c(NC(C)(C)CO)n4)CC3)nc2)cn1. The van der Waals surface area contributed by atoms with Gasteiger partial charge in [-0.3, -0.25) is 9.58 Å². The number of aryl methyl sites for hydroxylation is 1. The molecular weight excluding hydrogens is 556 g/mol.